The second kappa shape index (κ2) is 9.65. The number of hydrogen-bond acceptors (Lipinski definition) is 4. The molecule has 1 aliphatic carbocycles. The first-order valence-corrected chi connectivity index (χ1v) is 12.5. The average molecular weight is 489 g/mol. The third kappa shape index (κ3) is 5.26. The Labute approximate surface area is 203 Å². The molecular weight excluding hydrogens is 463 g/mol. The van der Waals surface area contributed by atoms with E-state index in [1.54, 1.807) is 11.8 Å². The van der Waals surface area contributed by atoms with Gasteiger partial charge in [-0.15, -0.1) is 11.8 Å². The van der Waals surface area contributed by atoms with Crippen molar-refractivity contribution >= 4 is 40.9 Å². The highest BCUT2D eigenvalue weighted by Crippen LogP contribution is 2.47. The van der Waals surface area contributed by atoms with Crippen molar-refractivity contribution in [1.29, 1.82) is 5.26 Å². The van der Waals surface area contributed by atoms with Gasteiger partial charge in [0.1, 0.15) is 12.7 Å². The summed E-state index contributed by atoms with van der Waals surface area (Å²) in [6.07, 6.45) is 1.85. The van der Waals surface area contributed by atoms with E-state index in [1.165, 1.54) is 0 Å². The Morgan fingerprint density at radius 3 is 2.50 bits per heavy atom. The van der Waals surface area contributed by atoms with E-state index in [-0.39, 0.29) is 30.7 Å². The third-order valence-electron chi connectivity index (χ3n) is 6.06. The first-order chi connectivity index (χ1) is 15.3. The zero-order valence-corrected chi connectivity index (χ0v) is 20.5. The molecule has 2 aromatic carbocycles. The van der Waals surface area contributed by atoms with E-state index >= 15 is 0 Å². The van der Waals surface area contributed by atoms with Crippen LogP contribution < -0.4 is 0 Å². The Kier molecular flexibility index (Phi) is 7.07. The zero-order valence-electron chi connectivity index (χ0n) is 18.1. The number of halogens is 2. The van der Waals surface area contributed by atoms with E-state index in [9.17, 15) is 10.1 Å². The highest BCUT2D eigenvalue weighted by molar-refractivity contribution is 8.00. The first-order valence-electron chi connectivity index (χ1n) is 10.8. The fourth-order valence-electron chi connectivity index (χ4n) is 4.23. The molecule has 4 nitrogen and oxygen atoms in total. The van der Waals surface area contributed by atoms with Crippen molar-refractivity contribution in [3.05, 3.63) is 69.7 Å². The summed E-state index contributed by atoms with van der Waals surface area (Å²) in [4.78, 5) is 15.4. The number of benzene rings is 2. The van der Waals surface area contributed by atoms with Crippen molar-refractivity contribution in [3.8, 4) is 6.07 Å². The Bertz CT molecular complexity index is 1020. The maximum absolute atomic E-state index is 13.3. The van der Waals surface area contributed by atoms with Crippen LogP contribution in [0.1, 0.15) is 50.0 Å². The standard InChI is InChI=1S/C25H26Cl2N2O2S/c1-25(2,15-28)32-14-21(16-6-7-16)29-22(30)13-31-24(18-4-3-5-20(27)12-18)23(29)17-8-10-19(26)11-9-17/h3-5,8-12,16,21,23-24H,6-7,13-14H2,1-2H3/t21?,23-,24-/m1/s1. The molecule has 0 N–H and O–H groups in total. The maximum atomic E-state index is 13.3. The van der Waals surface area contributed by atoms with E-state index in [2.05, 4.69) is 6.07 Å². The molecule has 7 heteroatoms. The van der Waals surface area contributed by atoms with Crippen LogP contribution in [0, 0.1) is 17.2 Å². The van der Waals surface area contributed by atoms with Gasteiger partial charge in [0.05, 0.1) is 16.9 Å². The molecule has 1 unspecified atom stereocenters. The Balaban J connectivity index is 1.75. The Morgan fingerprint density at radius 1 is 1.16 bits per heavy atom. The summed E-state index contributed by atoms with van der Waals surface area (Å²) >= 11 is 14.1. The first kappa shape index (κ1) is 23.4. The highest BCUT2D eigenvalue weighted by Gasteiger charge is 2.47. The Hall–Kier alpha value is -1.71. The van der Waals surface area contributed by atoms with Crippen LogP contribution in [0.2, 0.25) is 10.0 Å². The third-order valence-corrected chi connectivity index (χ3v) is 7.87. The van der Waals surface area contributed by atoms with Crippen molar-refractivity contribution in [1.82, 2.24) is 4.90 Å². The predicted molar refractivity (Wildman–Crippen MR) is 130 cm³/mol. The molecule has 4 rings (SSSR count). The van der Waals surface area contributed by atoms with E-state index in [1.807, 2.05) is 67.3 Å². The number of carbonyl (C=O) groups excluding carboxylic acids is 1. The lowest BCUT2D eigenvalue weighted by Crippen LogP contribution is -2.52. The summed E-state index contributed by atoms with van der Waals surface area (Å²) in [7, 11) is 0. The number of amides is 1. The maximum Gasteiger partial charge on any atom is 0.249 e. The number of nitrogens with zero attached hydrogens (tertiary/aromatic N) is 2. The van der Waals surface area contributed by atoms with Gasteiger partial charge in [0.25, 0.3) is 0 Å². The Morgan fingerprint density at radius 2 is 1.88 bits per heavy atom. The predicted octanol–water partition coefficient (Wildman–Crippen LogP) is 6.45. The SMILES string of the molecule is CC(C)(C#N)SCC(C1CC1)N1C(=O)CO[C@H](c2cccc(Cl)c2)[C@H]1c1ccc(Cl)cc1. The molecule has 0 aromatic heterocycles. The van der Waals surface area contributed by atoms with Crippen LogP contribution in [0.4, 0.5) is 0 Å². The van der Waals surface area contributed by atoms with Crippen LogP contribution in [0.3, 0.4) is 0 Å². The average Bonchev–Trinajstić information content (AvgIpc) is 3.60. The second-order valence-corrected chi connectivity index (χ2v) is 11.4. The van der Waals surface area contributed by atoms with Gasteiger partial charge >= 0.3 is 0 Å². The van der Waals surface area contributed by atoms with Crippen LogP contribution in [0.5, 0.6) is 0 Å². The number of thioether (sulfide) groups is 1. The van der Waals surface area contributed by atoms with E-state index in [0.29, 0.717) is 21.7 Å². The lowest BCUT2D eigenvalue weighted by atomic mass is 9.91. The fourth-order valence-corrected chi connectivity index (χ4v) is 5.64. The van der Waals surface area contributed by atoms with Crippen LogP contribution in [-0.2, 0) is 9.53 Å². The molecule has 2 fully saturated rings. The smallest absolute Gasteiger partial charge is 0.249 e. The summed E-state index contributed by atoms with van der Waals surface area (Å²) < 4.78 is 5.62. The van der Waals surface area contributed by atoms with Crippen molar-refractivity contribution in [2.75, 3.05) is 12.4 Å². The lowest BCUT2D eigenvalue weighted by Gasteiger charge is -2.46. The van der Waals surface area contributed by atoms with Crippen molar-refractivity contribution < 1.29 is 9.53 Å². The van der Waals surface area contributed by atoms with Gasteiger partial charge in [0.15, 0.2) is 0 Å². The minimum Gasteiger partial charge on any atom is -0.361 e. The van der Waals surface area contributed by atoms with Gasteiger partial charge in [0, 0.05) is 21.8 Å². The molecule has 2 aromatic rings. The van der Waals surface area contributed by atoms with Crippen LogP contribution in [-0.4, -0.2) is 34.0 Å². The normalized spacial score (nSPS) is 22.5. The molecule has 0 radical (unpaired) electrons. The van der Waals surface area contributed by atoms with Crippen molar-refractivity contribution in [2.24, 2.45) is 5.92 Å². The summed E-state index contributed by atoms with van der Waals surface area (Å²) in [5.74, 6) is 1.13. The molecule has 1 amide bonds. The number of rotatable bonds is 7. The molecule has 0 spiro atoms. The number of carbonyl (C=O) groups is 1. The van der Waals surface area contributed by atoms with Gasteiger partial charge in [-0.3, -0.25) is 4.79 Å². The second-order valence-electron chi connectivity index (χ2n) is 8.92. The van der Waals surface area contributed by atoms with Gasteiger partial charge in [-0.25, -0.2) is 0 Å². The molecule has 1 heterocycles. The monoisotopic (exact) mass is 488 g/mol. The molecule has 1 saturated carbocycles. The molecular formula is C25H26Cl2N2O2S. The van der Waals surface area contributed by atoms with Gasteiger partial charge in [-0.1, -0.05) is 47.5 Å². The molecule has 32 heavy (non-hydrogen) atoms. The molecule has 0 bridgehead atoms. The molecule has 1 saturated heterocycles. The minimum absolute atomic E-state index is 0.0181. The highest BCUT2D eigenvalue weighted by atomic mass is 35.5. The van der Waals surface area contributed by atoms with Gasteiger partial charge in [0.2, 0.25) is 5.91 Å². The molecule has 1 aliphatic heterocycles. The topological polar surface area (TPSA) is 53.3 Å². The summed E-state index contributed by atoms with van der Waals surface area (Å²) in [5, 5.41) is 10.8. The molecule has 168 valence electrons. The van der Waals surface area contributed by atoms with Gasteiger partial charge < -0.3 is 9.64 Å². The lowest BCUT2D eigenvalue weighted by molar-refractivity contribution is -0.163. The van der Waals surface area contributed by atoms with Crippen molar-refractivity contribution in [2.45, 2.75) is 49.6 Å². The summed E-state index contributed by atoms with van der Waals surface area (Å²) in [6.45, 7) is 3.87. The van der Waals surface area contributed by atoms with Crippen LogP contribution in [0.15, 0.2) is 48.5 Å². The van der Waals surface area contributed by atoms with E-state index in [4.69, 9.17) is 27.9 Å². The zero-order chi connectivity index (χ0) is 22.9. The largest absolute Gasteiger partial charge is 0.361 e. The molecule has 2 aliphatic rings. The summed E-state index contributed by atoms with van der Waals surface area (Å²) in [6, 6.07) is 17.4. The minimum atomic E-state index is -0.509. The van der Waals surface area contributed by atoms with Gasteiger partial charge in [-0.05, 0) is 68.0 Å². The number of hydrogen-bond donors (Lipinski definition) is 0. The quantitative estimate of drug-likeness (QED) is 0.449. The van der Waals surface area contributed by atoms with E-state index in [0.717, 1.165) is 24.0 Å². The summed E-state index contributed by atoms with van der Waals surface area (Å²) in [5.41, 5.74) is 1.91. The number of nitriles is 1. The fraction of sp³-hybridized carbons (Fsp3) is 0.440. The number of morpholine rings is 1. The molecule has 3 atom stereocenters. The number of ether oxygens (including phenoxy) is 1. The van der Waals surface area contributed by atoms with Crippen LogP contribution >= 0.6 is 35.0 Å². The van der Waals surface area contributed by atoms with E-state index < -0.39 is 4.75 Å². The van der Waals surface area contributed by atoms with Crippen LogP contribution in [0.25, 0.3) is 0 Å². The van der Waals surface area contributed by atoms with Gasteiger partial charge in [-0.2, -0.15) is 5.26 Å². The van der Waals surface area contributed by atoms with Crippen molar-refractivity contribution in [3.63, 3.8) is 0 Å².